The Morgan fingerprint density at radius 3 is 2.62 bits per heavy atom. The predicted octanol–water partition coefficient (Wildman–Crippen LogP) is 3.23. The molecule has 1 rings (SSSR count). The van der Waals surface area contributed by atoms with Gasteiger partial charge in [-0.15, -0.1) is 0 Å². The summed E-state index contributed by atoms with van der Waals surface area (Å²) in [4.78, 5) is 0. The molecule has 4 nitrogen and oxygen atoms in total. The van der Waals surface area contributed by atoms with Crippen molar-refractivity contribution in [1.29, 1.82) is 10.5 Å². The molecule has 16 heavy (non-hydrogen) atoms. The quantitative estimate of drug-likeness (QED) is 0.673. The van der Waals surface area contributed by atoms with Gasteiger partial charge in [-0.3, -0.25) is 5.43 Å². The van der Waals surface area contributed by atoms with Gasteiger partial charge < -0.3 is 0 Å². The lowest BCUT2D eigenvalue weighted by molar-refractivity contribution is 1.30. The molecule has 1 N–H and O–H groups in total. The number of nitriles is 2. The maximum absolute atomic E-state index is 8.50. The van der Waals surface area contributed by atoms with Crippen LogP contribution in [0.3, 0.4) is 0 Å². The van der Waals surface area contributed by atoms with E-state index in [1.165, 1.54) is 0 Å². The van der Waals surface area contributed by atoms with Gasteiger partial charge in [0.2, 0.25) is 5.71 Å². The highest BCUT2D eigenvalue weighted by Gasteiger charge is 2.03. The number of nitrogens with one attached hydrogen (secondary N) is 1. The van der Waals surface area contributed by atoms with Crippen LogP contribution in [0.5, 0.6) is 0 Å². The summed E-state index contributed by atoms with van der Waals surface area (Å²) in [6.45, 7) is 1.86. The molecule has 1 aromatic rings. The highest BCUT2D eigenvalue weighted by atomic mass is 79.9. The minimum absolute atomic E-state index is 0.238. The fourth-order valence-corrected chi connectivity index (χ4v) is 1.58. The van der Waals surface area contributed by atoms with Crippen LogP contribution >= 0.6 is 27.5 Å². The number of hydrogen-bond donors (Lipinski definition) is 1. The molecule has 0 radical (unpaired) electrons. The van der Waals surface area contributed by atoms with Crippen molar-refractivity contribution in [3.8, 4) is 12.1 Å². The Balaban J connectivity index is 3.01. The van der Waals surface area contributed by atoms with Gasteiger partial charge >= 0.3 is 0 Å². The fourth-order valence-electron chi connectivity index (χ4n) is 0.958. The number of hydrazone groups is 1. The largest absolute Gasteiger partial charge is 0.276 e. The molecule has 0 bridgehead atoms. The van der Waals surface area contributed by atoms with E-state index in [9.17, 15) is 0 Å². The summed E-state index contributed by atoms with van der Waals surface area (Å²) in [7, 11) is 0. The summed E-state index contributed by atoms with van der Waals surface area (Å²) < 4.78 is 0.780. The van der Waals surface area contributed by atoms with Gasteiger partial charge in [-0.2, -0.15) is 15.6 Å². The Morgan fingerprint density at radius 2 is 2.06 bits per heavy atom. The first-order valence-corrected chi connectivity index (χ1v) is 5.35. The predicted molar refractivity (Wildman–Crippen MR) is 66.2 cm³/mol. The van der Waals surface area contributed by atoms with Crippen LogP contribution in [0.25, 0.3) is 0 Å². The summed E-state index contributed by atoms with van der Waals surface area (Å²) in [6, 6.07) is 6.78. The van der Waals surface area contributed by atoms with Crippen LogP contribution < -0.4 is 5.43 Å². The van der Waals surface area contributed by atoms with Crippen molar-refractivity contribution in [2.24, 2.45) is 5.10 Å². The molecule has 1 aromatic carbocycles. The van der Waals surface area contributed by atoms with Gasteiger partial charge in [0, 0.05) is 4.47 Å². The molecule has 0 atom stereocenters. The third-order valence-electron chi connectivity index (χ3n) is 1.77. The highest BCUT2D eigenvalue weighted by molar-refractivity contribution is 9.10. The van der Waals surface area contributed by atoms with Crippen LogP contribution in [0.15, 0.2) is 21.7 Å². The molecule has 0 saturated heterocycles. The molecule has 0 fully saturated rings. The smallest absolute Gasteiger partial charge is 0.237 e. The van der Waals surface area contributed by atoms with E-state index in [1.54, 1.807) is 18.2 Å². The van der Waals surface area contributed by atoms with E-state index >= 15 is 0 Å². The number of halogens is 2. The van der Waals surface area contributed by atoms with E-state index in [2.05, 4.69) is 26.5 Å². The average Bonchev–Trinajstić information content (AvgIpc) is 2.26. The molecule has 0 amide bonds. The Hall–Kier alpha value is -1.56. The standard InChI is InChI=1S/C10H6BrClN4/c1-6-2-8(11)9(12)3-10(6)16-15-7(4-13)5-14/h2-3,16H,1H3. The van der Waals surface area contributed by atoms with Gasteiger partial charge in [0.1, 0.15) is 12.1 Å². The van der Waals surface area contributed by atoms with Crippen molar-refractivity contribution in [3.63, 3.8) is 0 Å². The van der Waals surface area contributed by atoms with E-state index in [1.807, 2.05) is 13.0 Å². The molecular weight excluding hydrogens is 291 g/mol. The second kappa shape index (κ2) is 5.50. The number of hydrogen-bond acceptors (Lipinski definition) is 4. The van der Waals surface area contributed by atoms with E-state index in [4.69, 9.17) is 22.1 Å². The summed E-state index contributed by atoms with van der Waals surface area (Å²) in [6.07, 6.45) is 0. The van der Waals surface area contributed by atoms with E-state index < -0.39 is 0 Å². The first-order chi connectivity index (χ1) is 7.58. The van der Waals surface area contributed by atoms with Crippen molar-refractivity contribution < 1.29 is 0 Å². The summed E-state index contributed by atoms with van der Waals surface area (Å²) in [5, 5.41) is 21.2. The minimum Gasteiger partial charge on any atom is -0.276 e. The zero-order chi connectivity index (χ0) is 12.1. The Bertz CT molecular complexity index is 509. The van der Waals surface area contributed by atoms with Crippen molar-refractivity contribution in [2.45, 2.75) is 6.92 Å². The van der Waals surface area contributed by atoms with Crippen molar-refractivity contribution in [3.05, 3.63) is 27.2 Å². The van der Waals surface area contributed by atoms with Crippen molar-refractivity contribution in [2.75, 3.05) is 5.43 Å². The molecule has 0 saturated carbocycles. The Kier molecular flexibility index (Phi) is 4.30. The number of benzene rings is 1. The number of nitrogens with zero attached hydrogens (tertiary/aromatic N) is 3. The van der Waals surface area contributed by atoms with Gasteiger partial charge in [0.25, 0.3) is 0 Å². The third kappa shape index (κ3) is 2.96. The molecule has 0 spiro atoms. The van der Waals surface area contributed by atoms with E-state index in [0.29, 0.717) is 10.7 Å². The molecule has 0 aliphatic rings. The lowest BCUT2D eigenvalue weighted by atomic mass is 10.2. The van der Waals surface area contributed by atoms with Gasteiger partial charge in [0.15, 0.2) is 0 Å². The van der Waals surface area contributed by atoms with Crippen LogP contribution in [-0.2, 0) is 0 Å². The molecular formula is C10H6BrClN4. The zero-order valence-corrected chi connectivity index (χ0v) is 10.6. The van der Waals surface area contributed by atoms with Gasteiger partial charge in [-0.1, -0.05) is 11.6 Å². The molecule has 0 aliphatic carbocycles. The average molecular weight is 298 g/mol. The molecule has 0 unspecified atom stereocenters. The number of rotatable bonds is 2. The topological polar surface area (TPSA) is 72.0 Å². The maximum Gasteiger partial charge on any atom is 0.237 e. The van der Waals surface area contributed by atoms with Crippen molar-refractivity contribution >= 4 is 38.9 Å². The first kappa shape index (κ1) is 12.5. The SMILES string of the molecule is Cc1cc(Br)c(Cl)cc1NN=C(C#N)C#N. The Labute approximate surface area is 106 Å². The van der Waals surface area contributed by atoms with Crippen molar-refractivity contribution in [1.82, 2.24) is 0 Å². The lowest BCUT2D eigenvalue weighted by Gasteiger charge is -2.06. The van der Waals surface area contributed by atoms with Gasteiger partial charge in [-0.05, 0) is 40.5 Å². The summed E-state index contributed by atoms with van der Waals surface area (Å²) >= 11 is 9.19. The third-order valence-corrected chi connectivity index (χ3v) is 2.96. The monoisotopic (exact) mass is 296 g/mol. The molecule has 0 aliphatic heterocycles. The maximum atomic E-state index is 8.50. The Morgan fingerprint density at radius 1 is 1.44 bits per heavy atom. The fraction of sp³-hybridized carbons (Fsp3) is 0.100. The lowest BCUT2D eigenvalue weighted by Crippen LogP contribution is -1.98. The second-order valence-corrected chi connectivity index (χ2v) is 4.14. The number of aryl methyl sites for hydroxylation is 1. The number of anilines is 1. The minimum atomic E-state index is -0.238. The molecule has 6 heteroatoms. The van der Waals surface area contributed by atoms with E-state index in [-0.39, 0.29) is 5.71 Å². The van der Waals surface area contributed by atoms with Gasteiger partial charge in [0.05, 0.1) is 10.7 Å². The van der Waals surface area contributed by atoms with Crippen LogP contribution in [-0.4, -0.2) is 5.71 Å². The van der Waals surface area contributed by atoms with E-state index in [0.717, 1.165) is 10.0 Å². The summed E-state index contributed by atoms with van der Waals surface area (Å²) in [5.74, 6) is 0. The normalized spacial score (nSPS) is 8.81. The highest BCUT2D eigenvalue weighted by Crippen LogP contribution is 2.28. The van der Waals surface area contributed by atoms with Gasteiger partial charge in [-0.25, -0.2) is 0 Å². The molecule has 80 valence electrons. The van der Waals surface area contributed by atoms with Crippen LogP contribution in [0, 0.1) is 29.6 Å². The summed E-state index contributed by atoms with van der Waals surface area (Å²) in [5.41, 5.74) is 3.93. The van der Waals surface area contributed by atoms with Crippen LogP contribution in [0.2, 0.25) is 5.02 Å². The van der Waals surface area contributed by atoms with Crippen LogP contribution in [0.1, 0.15) is 5.56 Å². The first-order valence-electron chi connectivity index (χ1n) is 4.18. The zero-order valence-electron chi connectivity index (χ0n) is 8.25. The van der Waals surface area contributed by atoms with Crippen LogP contribution in [0.4, 0.5) is 5.69 Å². The molecule has 0 heterocycles. The second-order valence-electron chi connectivity index (χ2n) is 2.88. The molecule has 0 aromatic heterocycles.